The predicted octanol–water partition coefficient (Wildman–Crippen LogP) is 4.97. The van der Waals surface area contributed by atoms with E-state index in [9.17, 15) is 13.2 Å². The molecular formula is C22H18F3N3O. The number of fused-ring (bicyclic) bond motifs is 2. The van der Waals surface area contributed by atoms with E-state index in [1.165, 1.54) is 11.1 Å². The first-order chi connectivity index (χ1) is 14.1. The number of hydrogen-bond acceptors (Lipinski definition) is 4. The molecule has 3 aromatic rings. The van der Waals surface area contributed by atoms with Crippen molar-refractivity contribution in [3.05, 3.63) is 77.4 Å². The topological polar surface area (TPSA) is 42.2 Å². The van der Waals surface area contributed by atoms with E-state index < -0.39 is 17.5 Å². The van der Waals surface area contributed by atoms with Crippen molar-refractivity contribution in [1.29, 1.82) is 0 Å². The van der Waals surface area contributed by atoms with Crippen molar-refractivity contribution >= 4 is 5.57 Å². The van der Waals surface area contributed by atoms with E-state index in [1.54, 1.807) is 0 Å². The Hall–Kier alpha value is -2.93. The van der Waals surface area contributed by atoms with Gasteiger partial charge in [0, 0.05) is 17.6 Å². The predicted molar refractivity (Wildman–Crippen MR) is 101 cm³/mol. The van der Waals surface area contributed by atoms with Crippen molar-refractivity contribution in [2.45, 2.75) is 37.9 Å². The molecule has 0 aliphatic carbocycles. The molecule has 0 spiro atoms. The zero-order valence-corrected chi connectivity index (χ0v) is 15.5. The summed E-state index contributed by atoms with van der Waals surface area (Å²) in [4.78, 5) is 6.59. The van der Waals surface area contributed by atoms with Crippen LogP contribution in [0.3, 0.4) is 0 Å². The molecule has 7 heteroatoms. The second-order valence-electron chi connectivity index (χ2n) is 7.50. The fourth-order valence-electron chi connectivity index (χ4n) is 4.31. The Bertz CT molecular complexity index is 1060. The van der Waals surface area contributed by atoms with E-state index in [4.69, 9.17) is 4.52 Å². The van der Waals surface area contributed by atoms with Gasteiger partial charge in [0.1, 0.15) is 0 Å². The molecule has 0 saturated carbocycles. The molecule has 29 heavy (non-hydrogen) atoms. The summed E-state index contributed by atoms with van der Waals surface area (Å²) in [6.07, 6.45) is 5.42. The standard InChI is InChI=1S/C22H18F3N3O/c23-18-10-15(11-19(24)21(18)25)22-26-20(29-27-22)12-28-16-6-7-17(28)9-14(8-16)13-4-2-1-3-5-13/h1-5,8,10-11,16-17H,6-7,9,12H2. The molecule has 1 saturated heterocycles. The quantitative estimate of drug-likeness (QED) is 0.583. The van der Waals surface area contributed by atoms with Crippen molar-refractivity contribution in [3.63, 3.8) is 0 Å². The molecule has 5 rings (SSSR count). The van der Waals surface area contributed by atoms with Gasteiger partial charge in [0.15, 0.2) is 17.5 Å². The van der Waals surface area contributed by atoms with Gasteiger partial charge < -0.3 is 4.52 Å². The Labute approximate surface area is 165 Å². The minimum absolute atomic E-state index is 0.0441. The van der Waals surface area contributed by atoms with Gasteiger partial charge in [-0.15, -0.1) is 0 Å². The average molecular weight is 397 g/mol. The lowest BCUT2D eigenvalue weighted by molar-refractivity contribution is 0.176. The molecule has 2 aliphatic rings. The van der Waals surface area contributed by atoms with E-state index >= 15 is 0 Å². The summed E-state index contributed by atoms with van der Waals surface area (Å²) in [5.74, 6) is -3.65. The van der Waals surface area contributed by atoms with Crippen LogP contribution in [-0.4, -0.2) is 27.1 Å². The highest BCUT2D eigenvalue weighted by Gasteiger charge is 2.37. The summed E-state index contributed by atoms with van der Waals surface area (Å²) < 4.78 is 45.4. The van der Waals surface area contributed by atoms with E-state index in [1.807, 2.05) is 18.2 Å². The highest BCUT2D eigenvalue weighted by molar-refractivity contribution is 5.68. The van der Waals surface area contributed by atoms with Crippen LogP contribution >= 0.6 is 0 Å². The molecule has 4 nitrogen and oxygen atoms in total. The van der Waals surface area contributed by atoms with Crippen LogP contribution in [0, 0.1) is 17.5 Å². The Morgan fingerprint density at radius 3 is 2.48 bits per heavy atom. The highest BCUT2D eigenvalue weighted by Crippen LogP contribution is 2.39. The number of halogens is 3. The van der Waals surface area contributed by atoms with Crippen LogP contribution in [0.1, 0.15) is 30.7 Å². The second kappa shape index (κ2) is 7.15. The number of hydrogen-bond donors (Lipinski definition) is 0. The van der Waals surface area contributed by atoms with E-state index in [-0.39, 0.29) is 11.4 Å². The summed E-state index contributed by atoms with van der Waals surface area (Å²) in [6.45, 7) is 0.465. The molecular weight excluding hydrogens is 379 g/mol. The minimum atomic E-state index is -1.51. The minimum Gasteiger partial charge on any atom is -0.338 e. The summed E-state index contributed by atoms with van der Waals surface area (Å²) in [5, 5.41) is 3.81. The summed E-state index contributed by atoms with van der Waals surface area (Å²) in [5.41, 5.74) is 2.66. The van der Waals surface area contributed by atoms with Gasteiger partial charge in [0.05, 0.1) is 6.54 Å². The zero-order chi connectivity index (χ0) is 20.0. The smallest absolute Gasteiger partial charge is 0.241 e. The third kappa shape index (κ3) is 3.35. The number of rotatable bonds is 4. The second-order valence-corrected chi connectivity index (χ2v) is 7.50. The lowest BCUT2D eigenvalue weighted by atomic mass is 9.95. The first kappa shape index (κ1) is 18.1. The molecule has 2 aliphatic heterocycles. The van der Waals surface area contributed by atoms with Gasteiger partial charge >= 0.3 is 0 Å². The SMILES string of the molecule is Fc1cc(-c2noc(CN3C4C=C(c5ccccc5)CC3CC4)n2)cc(F)c1F. The number of nitrogens with zero attached hydrogens (tertiary/aromatic N) is 3. The van der Waals surface area contributed by atoms with Gasteiger partial charge in [0.2, 0.25) is 11.7 Å². The fourth-order valence-corrected chi connectivity index (χ4v) is 4.31. The largest absolute Gasteiger partial charge is 0.338 e. The maximum atomic E-state index is 13.5. The molecule has 0 N–H and O–H groups in total. The molecule has 0 radical (unpaired) electrons. The van der Waals surface area contributed by atoms with E-state index in [2.05, 4.69) is 33.2 Å². The Morgan fingerprint density at radius 2 is 1.76 bits per heavy atom. The molecule has 2 bridgehead atoms. The average Bonchev–Trinajstić information content (AvgIpc) is 3.28. The molecule has 2 atom stereocenters. The Balaban J connectivity index is 1.35. The fraction of sp³-hybridized carbons (Fsp3) is 0.273. The number of aromatic nitrogens is 2. The van der Waals surface area contributed by atoms with Crippen molar-refractivity contribution in [3.8, 4) is 11.4 Å². The first-order valence-electron chi connectivity index (χ1n) is 9.58. The Morgan fingerprint density at radius 1 is 1.00 bits per heavy atom. The third-order valence-electron chi connectivity index (χ3n) is 5.71. The van der Waals surface area contributed by atoms with Crippen LogP contribution < -0.4 is 0 Å². The first-order valence-corrected chi connectivity index (χ1v) is 9.58. The van der Waals surface area contributed by atoms with Gasteiger partial charge in [-0.2, -0.15) is 4.98 Å². The van der Waals surface area contributed by atoms with Gasteiger partial charge in [-0.25, -0.2) is 13.2 Å². The van der Waals surface area contributed by atoms with Crippen LogP contribution in [0.4, 0.5) is 13.2 Å². The molecule has 0 amide bonds. The molecule has 3 heterocycles. The normalized spacial score (nSPS) is 21.4. The molecule has 1 fully saturated rings. The Kier molecular flexibility index (Phi) is 4.47. The maximum Gasteiger partial charge on any atom is 0.241 e. The van der Waals surface area contributed by atoms with Gasteiger partial charge in [0.25, 0.3) is 0 Å². The maximum absolute atomic E-state index is 13.5. The summed E-state index contributed by atoms with van der Waals surface area (Å²) >= 11 is 0. The van der Waals surface area contributed by atoms with Crippen LogP contribution in [-0.2, 0) is 6.54 Å². The molecule has 2 aromatic carbocycles. The van der Waals surface area contributed by atoms with Crippen molar-refractivity contribution in [2.75, 3.05) is 0 Å². The van der Waals surface area contributed by atoms with Crippen LogP contribution in [0.2, 0.25) is 0 Å². The van der Waals surface area contributed by atoms with Crippen LogP contribution in [0.5, 0.6) is 0 Å². The van der Waals surface area contributed by atoms with E-state index in [0.717, 1.165) is 31.4 Å². The van der Waals surface area contributed by atoms with Gasteiger partial charge in [-0.1, -0.05) is 41.6 Å². The summed E-state index contributed by atoms with van der Waals surface area (Å²) in [7, 11) is 0. The monoisotopic (exact) mass is 397 g/mol. The number of benzene rings is 2. The van der Waals surface area contributed by atoms with Gasteiger partial charge in [-0.3, -0.25) is 4.90 Å². The van der Waals surface area contributed by atoms with Crippen molar-refractivity contribution in [2.24, 2.45) is 0 Å². The molecule has 1 aromatic heterocycles. The van der Waals surface area contributed by atoms with Crippen molar-refractivity contribution in [1.82, 2.24) is 15.0 Å². The van der Waals surface area contributed by atoms with E-state index in [0.29, 0.717) is 24.5 Å². The highest BCUT2D eigenvalue weighted by atomic mass is 19.2. The lowest BCUT2D eigenvalue weighted by Crippen LogP contribution is -2.37. The van der Waals surface area contributed by atoms with Gasteiger partial charge in [-0.05, 0) is 42.5 Å². The zero-order valence-electron chi connectivity index (χ0n) is 15.5. The summed E-state index contributed by atoms with van der Waals surface area (Å²) in [6, 6.07) is 12.8. The van der Waals surface area contributed by atoms with Crippen LogP contribution in [0.15, 0.2) is 53.1 Å². The molecule has 2 unspecified atom stereocenters. The molecule has 148 valence electrons. The van der Waals surface area contributed by atoms with Crippen molar-refractivity contribution < 1.29 is 17.7 Å². The lowest BCUT2D eigenvalue weighted by Gasteiger charge is -2.32. The third-order valence-corrected chi connectivity index (χ3v) is 5.71. The van der Waals surface area contributed by atoms with Crippen LogP contribution in [0.25, 0.3) is 17.0 Å².